The molecule has 0 saturated heterocycles. The molecule has 0 aliphatic carbocycles. The van der Waals surface area contributed by atoms with Gasteiger partial charge in [0.05, 0.1) is 6.42 Å². The van der Waals surface area contributed by atoms with E-state index in [0.717, 1.165) is 5.69 Å². The van der Waals surface area contributed by atoms with Crippen molar-refractivity contribution >= 4 is 11.6 Å². The lowest BCUT2D eigenvalue weighted by molar-refractivity contribution is -0.115. The lowest BCUT2D eigenvalue weighted by atomic mass is 10.3. The number of amides is 1. The van der Waals surface area contributed by atoms with E-state index in [0.29, 0.717) is 17.4 Å². The molecular weight excluding hydrogens is 220 g/mol. The minimum atomic E-state index is -0.184. The normalized spacial score (nSPS) is 10.2. The van der Waals surface area contributed by atoms with E-state index in [9.17, 15) is 4.79 Å². The average Bonchev–Trinajstić information content (AvgIpc) is 2.63. The van der Waals surface area contributed by atoms with Crippen molar-refractivity contribution in [3.05, 3.63) is 35.7 Å². The van der Waals surface area contributed by atoms with Gasteiger partial charge < -0.3 is 9.84 Å². The number of hydrogen-bond acceptors (Lipinski definition) is 5. The van der Waals surface area contributed by atoms with E-state index in [-0.39, 0.29) is 12.3 Å². The minimum absolute atomic E-state index is 0.0959. The number of hydrogen-bond donors (Lipinski definition) is 1. The maximum absolute atomic E-state index is 11.6. The molecule has 2 rings (SSSR count). The van der Waals surface area contributed by atoms with Crippen molar-refractivity contribution in [1.82, 2.24) is 15.1 Å². The SMILES string of the molecule is Cc1cc(NC(=O)Cc2noc(C)n2)ccn1. The molecule has 88 valence electrons. The van der Waals surface area contributed by atoms with Gasteiger partial charge in [-0.1, -0.05) is 5.16 Å². The Morgan fingerprint density at radius 3 is 2.94 bits per heavy atom. The summed E-state index contributed by atoms with van der Waals surface area (Å²) in [7, 11) is 0. The van der Waals surface area contributed by atoms with Crippen molar-refractivity contribution in [2.45, 2.75) is 20.3 Å². The lowest BCUT2D eigenvalue weighted by Crippen LogP contribution is -2.15. The van der Waals surface area contributed by atoms with Crippen LogP contribution in [0.3, 0.4) is 0 Å². The van der Waals surface area contributed by atoms with Crippen LogP contribution in [-0.4, -0.2) is 21.0 Å². The predicted octanol–water partition coefficient (Wildman–Crippen LogP) is 1.26. The third-order valence-corrected chi connectivity index (χ3v) is 2.07. The Labute approximate surface area is 98.1 Å². The topological polar surface area (TPSA) is 80.9 Å². The van der Waals surface area contributed by atoms with E-state index < -0.39 is 0 Å². The summed E-state index contributed by atoms with van der Waals surface area (Å²) in [4.78, 5) is 19.7. The Morgan fingerprint density at radius 1 is 1.47 bits per heavy atom. The van der Waals surface area contributed by atoms with Gasteiger partial charge in [-0.25, -0.2) is 0 Å². The number of rotatable bonds is 3. The van der Waals surface area contributed by atoms with E-state index in [4.69, 9.17) is 4.52 Å². The number of anilines is 1. The van der Waals surface area contributed by atoms with Gasteiger partial charge in [0.1, 0.15) is 0 Å². The van der Waals surface area contributed by atoms with Crippen molar-refractivity contribution in [3.8, 4) is 0 Å². The zero-order valence-electron chi connectivity index (χ0n) is 9.60. The van der Waals surface area contributed by atoms with Crippen molar-refractivity contribution in [3.63, 3.8) is 0 Å². The van der Waals surface area contributed by atoms with Crippen LogP contribution in [0.25, 0.3) is 0 Å². The van der Waals surface area contributed by atoms with Gasteiger partial charge in [-0.15, -0.1) is 0 Å². The van der Waals surface area contributed by atoms with Crippen molar-refractivity contribution < 1.29 is 9.32 Å². The summed E-state index contributed by atoms with van der Waals surface area (Å²) in [6.07, 6.45) is 1.74. The fourth-order valence-electron chi connectivity index (χ4n) is 1.39. The largest absolute Gasteiger partial charge is 0.340 e. The Hall–Kier alpha value is -2.24. The highest BCUT2D eigenvalue weighted by molar-refractivity contribution is 5.91. The van der Waals surface area contributed by atoms with Crippen molar-refractivity contribution in [2.24, 2.45) is 0 Å². The van der Waals surface area contributed by atoms with Crippen LogP contribution in [0.15, 0.2) is 22.9 Å². The molecule has 0 atom stereocenters. The van der Waals surface area contributed by atoms with Crippen LogP contribution in [0.2, 0.25) is 0 Å². The number of aromatic nitrogens is 3. The molecule has 0 radical (unpaired) electrons. The minimum Gasteiger partial charge on any atom is -0.340 e. The van der Waals surface area contributed by atoms with Crippen molar-refractivity contribution in [2.75, 3.05) is 5.32 Å². The molecule has 2 aromatic heterocycles. The van der Waals surface area contributed by atoms with Crippen LogP contribution in [0.5, 0.6) is 0 Å². The highest BCUT2D eigenvalue weighted by Crippen LogP contribution is 2.07. The molecular formula is C11H12N4O2. The van der Waals surface area contributed by atoms with E-state index in [1.165, 1.54) is 0 Å². The molecule has 17 heavy (non-hydrogen) atoms. The monoisotopic (exact) mass is 232 g/mol. The van der Waals surface area contributed by atoms with Gasteiger partial charge in [0.15, 0.2) is 5.82 Å². The number of carbonyl (C=O) groups is 1. The van der Waals surface area contributed by atoms with Crippen LogP contribution >= 0.6 is 0 Å². The third-order valence-electron chi connectivity index (χ3n) is 2.07. The van der Waals surface area contributed by atoms with Gasteiger partial charge in [-0.3, -0.25) is 9.78 Å². The first-order valence-electron chi connectivity index (χ1n) is 5.15. The molecule has 0 aromatic carbocycles. The van der Waals surface area contributed by atoms with Gasteiger partial charge in [0.2, 0.25) is 11.8 Å². The first-order valence-corrected chi connectivity index (χ1v) is 5.15. The summed E-state index contributed by atoms with van der Waals surface area (Å²) in [5.41, 5.74) is 1.56. The zero-order valence-corrected chi connectivity index (χ0v) is 9.60. The Morgan fingerprint density at radius 2 is 2.29 bits per heavy atom. The zero-order chi connectivity index (χ0) is 12.3. The smallest absolute Gasteiger partial charge is 0.232 e. The Bertz CT molecular complexity index is 536. The van der Waals surface area contributed by atoms with Crippen LogP contribution in [-0.2, 0) is 11.2 Å². The van der Waals surface area contributed by atoms with Gasteiger partial charge in [0, 0.05) is 24.5 Å². The van der Waals surface area contributed by atoms with E-state index in [1.807, 2.05) is 6.92 Å². The van der Waals surface area contributed by atoms with Gasteiger partial charge in [0.25, 0.3) is 0 Å². The molecule has 0 aliphatic heterocycles. The van der Waals surface area contributed by atoms with E-state index in [2.05, 4.69) is 20.4 Å². The van der Waals surface area contributed by atoms with Crippen LogP contribution in [0.4, 0.5) is 5.69 Å². The molecule has 0 unspecified atom stereocenters. The third kappa shape index (κ3) is 3.10. The van der Waals surface area contributed by atoms with Gasteiger partial charge >= 0.3 is 0 Å². The first-order chi connectivity index (χ1) is 8.13. The summed E-state index contributed by atoms with van der Waals surface area (Å²) in [5.74, 6) is 0.648. The number of nitrogens with one attached hydrogen (secondary N) is 1. The maximum Gasteiger partial charge on any atom is 0.232 e. The van der Waals surface area contributed by atoms with Crippen molar-refractivity contribution in [1.29, 1.82) is 0 Å². The number of carbonyl (C=O) groups excluding carboxylic acids is 1. The number of nitrogens with zero attached hydrogens (tertiary/aromatic N) is 3. The Kier molecular flexibility index (Phi) is 3.13. The van der Waals surface area contributed by atoms with E-state index in [1.54, 1.807) is 25.3 Å². The molecule has 1 N–H and O–H groups in total. The highest BCUT2D eigenvalue weighted by Gasteiger charge is 2.09. The molecule has 0 bridgehead atoms. The number of pyridine rings is 1. The molecule has 1 amide bonds. The first kappa shape index (κ1) is 11.3. The second-order valence-corrected chi connectivity index (χ2v) is 3.64. The fourth-order valence-corrected chi connectivity index (χ4v) is 1.39. The summed E-state index contributed by atoms with van der Waals surface area (Å²) in [6, 6.07) is 3.52. The average molecular weight is 232 g/mol. The molecule has 0 saturated carbocycles. The van der Waals surface area contributed by atoms with E-state index >= 15 is 0 Å². The molecule has 2 aromatic rings. The lowest BCUT2D eigenvalue weighted by Gasteiger charge is -2.03. The second-order valence-electron chi connectivity index (χ2n) is 3.64. The van der Waals surface area contributed by atoms with Gasteiger partial charge in [-0.05, 0) is 19.1 Å². The number of aryl methyl sites for hydroxylation is 2. The summed E-state index contributed by atoms with van der Waals surface area (Å²) >= 11 is 0. The molecule has 0 fully saturated rings. The summed E-state index contributed by atoms with van der Waals surface area (Å²) in [6.45, 7) is 3.54. The fraction of sp³-hybridized carbons (Fsp3) is 0.273. The maximum atomic E-state index is 11.6. The summed E-state index contributed by atoms with van der Waals surface area (Å²) in [5, 5.41) is 6.40. The standard InChI is InChI=1S/C11H12N4O2/c1-7-5-9(3-4-12-7)14-11(16)6-10-13-8(2)17-15-10/h3-5H,6H2,1-2H3,(H,12,14,16). The quantitative estimate of drug-likeness (QED) is 0.861. The molecule has 0 spiro atoms. The molecule has 2 heterocycles. The predicted molar refractivity (Wildman–Crippen MR) is 60.3 cm³/mol. The van der Waals surface area contributed by atoms with Crippen LogP contribution in [0, 0.1) is 13.8 Å². The van der Waals surface area contributed by atoms with Crippen LogP contribution in [0.1, 0.15) is 17.4 Å². The second kappa shape index (κ2) is 4.73. The summed E-state index contributed by atoms with van der Waals surface area (Å²) < 4.78 is 4.78. The Balaban J connectivity index is 1.98. The molecule has 6 nitrogen and oxygen atoms in total. The highest BCUT2D eigenvalue weighted by atomic mass is 16.5. The van der Waals surface area contributed by atoms with Crippen LogP contribution < -0.4 is 5.32 Å². The van der Waals surface area contributed by atoms with Gasteiger partial charge in [-0.2, -0.15) is 4.98 Å². The molecule has 0 aliphatic rings. The molecule has 6 heteroatoms.